The lowest BCUT2D eigenvalue weighted by molar-refractivity contribution is -0.232. The van der Waals surface area contributed by atoms with Crippen LogP contribution in [0.2, 0.25) is 0 Å². The van der Waals surface area contributed by atoms with E-state index in [2.05, 4.69) is 4.74 Å². The van der Waals surface area contributed by atoms with E-state index in [-0.39, 0.29) is 13.2 Å². The number of rotatable bonds is 3. The van der Waals surface area contributed by atoms with E-state index in [9.17, 15) is 14.7 Å². The first-order valence-corrected chi connectivity index (χ1v) is 4.61. The van der Waals surface area contributed by atoms with E-state index < -0.39 is 17.9 Å². The fourth-order valence-corrected chi connectivity index (χ4v) is 1.22. The van der Waals surface area contributed by atoms with Crippen molar-refractivity contribution in [1.29, 1.82) is 0 Å². The molecule has 0 saturated heterocycles. The van der Waals surface area contributed by atoms with Crippen molar-refractivity contribution < 1.29 is 24.2 Å². The molecule has 1 aliphatic rings. The molecule has 0 bridgehead atoms. The molecule has 15 heavy (non-hydrogen) atoms. The molecule has 0 spiro atoms. The number of hydrogen-bond donors (Lipinski definition) is 1. The number of aliphatic hydroxyl groups is 1. The molecule has 1 heterocycles. The van der Waals surface area contributed by atoms with E-state index in [1.165, 1.54) is 0 Å². The second-order valence-electron chi connectivity index (χ2n) is 2.80. The van der Waals surface area contributed by atoms with Gasteiger partial charge in [0.05, 0.1) is 6.61 Å². The standard InChI is InChI=1S/C9H13NO5/c1-3-14-8(12)10-7(11)5-6-9(10,13)15-4-2/h5-6,13H,3-4H2,1-2H3. The van der Waals surface area contributed by atoms with Gasteiger partial charge >= 0.3 is 6.09 Å². The molecule has 0 aromatic rings. The van der Waals surface area contributed by atoms with Crippen molar-refractivity contribution in [3.63, 3.8) is 0 Å². The molecule has 1 atom stereocenters. The van der Waals surface area contributed by atoms with Gasteiger partial charge in [-0.15, -0.1) is 0 Å². The summed E-state index contributed by atoms with van der Waals surface area (Å²) in [4.78, 5) is 23.2. The lowest BCUT2D eigenvalue weighted by Crippen LogP contribution is -2.51. The largest absolute Gasteiger partial charge is 0.449 e. The molecule has 1 rings (SSSR count). The van der Waals surface area contributed by atoms with E-state index in [4.69, 9.17) is 4.74 Å². The van der Waals surface area contributed by atoms with E-state index in [0.29, 0.717) is 4.90 Å². The Morgan fingerprint density at radius 3 is 2.73 bits per heavy atom. The summed E-state index contributed by atoms with van der Waals surface area (Å²) in [5.74, 6) is -2.68. The zero-order valence-corrected chi connectivity index (χ0v) is 8.60. The SMILES string of the molecule is CCOC(=O)N1C(=O)C=CC1(O)OCC. The average Bonchev–Trinajstić information content (AvgIpc) is 2.43. The van der Waals surface area contributed by atoms with Crippen LogP contribution in [0, 0.1) is 0 Å². The molecule has 2 amide bonds. The number of imide groups is 1. The monoisotopic (exact) mass is 215 g/mol. The van der Waals surface area contributed by atoms with E-state index in [1.54, 1.807) is 13.8 Å². The lowest BCUT2D eigenvalue weighted by atomic mass is 10.4. The van der Waals surface area contributed by atoms with Gasteiger partial charge in [-0.2, -0.15) is 4.90 Å². The first-order chi connectivity index (χ1) is 7.05. The number of carbonyl (C=O) groups is 2. The number of ether oxygens (including phenoxy) is 2. The number of carbonyl (C=O) groups excluding carboxylic acids is 2. The Bertz CT molecular complexity index is 301. The van der Waals surface area contributed by atoms with Gasteiger partial charge in [-0.05, 0) is 13.8 Å². The molecule has 0 aliphatic carbocycles. The molecule has 0 aromatic carbocycles. The fraction of sp³-hybridized carbons (Fsp3) is 0.556. The summed E-state index contributed by atoms with van der Waals surface area (Å²) < 4.78 is 9.54. The number of amides is 2. The zero-order valence-electron chi connectivity index (χ0n) is 8.60. The van der Waals surface area contributed by atoms with E-state index >= 15 is 0 Å². The van der Waals surface area contributed by atoms with E-state index in [1.807, 2.05) is 0 Å². The third kappa shape index (κ3) is 2.16. The smallest absolute Gasteiger partial charge is 0.421 e. The van der Waals surface area contributed by atoms with Gasteiger partial charge in [0.15, 0.2) is 0 Å². The number of nitrogens with zero attached hydrogens (tertiary/aromatic N) is 1. The highest BCUT2D eigenvalue weighted by Gasteiger charge is 2.45. The van der Waals surface area contributed by atoms with Crippen molar-refractivity contribution in [2.75, 3.05) is 13.2 Å². The zero-order chi connectivity index (χ0) is 11.5. The van der Waals surface area contributed by atoms with Gasteiger partial charge < -0.3 is 14.6 Å². The second-order valence-corrected chi connectivity index (χ2v) is 2.80. The summed E-state index contributed by atoms with van der Waals surface area (Å²) in [5, 5.41) is 9.81. The Hall–Kier alpha value is -1.40. The van der Waals surface area contributed by atoms with Crippen LogP contribution in [0.5, 0.6) is 0 Å². The van der Waals surface area contributed by atoms with Crippen LogP contribution in [0.4, 0.5) is 4.79 Å². The lowest BCUT2D eigenvalue weighted by Gasteiger charge is -2.29. The van der Waals surface area contributed by atoms with E-state index in [0.717, 1.165) is 12.2 Å². The second kappa shape index (κ2) is 4.41. The molecule has 84 valence electrons. The van der Waals surface area contributed by atoms with Crippen molar-refractivity contribution in [1.82, 2.24) is 4.90 Å². The van der Waals surface area contributed by atoms with Crippen molar-refractivity contribution in [3.05, 3.63) is 12.2 Å². The van der Waals surface area contributed by atoms with Crippen LogP contribution in [0.25, 0.3) is 0 Å². The molecular weight excluding hydrogens is 202 g/mol. The Balaban J connectivity index is 2.84. The van der Waals surface area contributed by atoms with Crippen molar-refractivity contribution in [2.45, 2.75) is 19.8 Å². The van der Waals surface area contributed by atoms with Gasteiger partial charge in [0, 0.05) is 18.8 Å². The Morgan fingerprint density at radius 2 is 2.20 bits per heavy atom. The van der Waals surface area contributed by atoms with Gasteiger partial charge in [-0.25, -0.2) is 4.79 Å². The maximum absolute atomic E-state index is 11.3. The predicted molar refractivity (Wildman–Crippen MR) is 49.6 cm³/mol. The third-order valence-corrected chi connectivity index (χ3v) is 1.79. The summed E-state index contributed by atoms with van der Waals surface area (Å²) >= 11 is 0. The maximum atomic E-state index is 11.3. The van der Waals surface area contributed by atoms with Crippen LogP contribution in [-0.4, -0.2) is 41.1 Å². The normalized spacial score (nSPS) is 24.7. The van der Waals surface area contributed by atoms with Crippen molar-refractivity contribution in [3.8, 4) is 0 Å². The molecule has 1 N–H and O–H groups in total. The molecule has 1 aliphatic heterocycles. The average molecular weight is 215 g/mol. The minimum absolute atomic E-state index is 0.116. The van der Waals surface area contributed by atoms with Gasteiger partial charge in [-0.3, -0.25) is 4.79 Å². The molecule has 6 nitrogen and oxygen atoms in total. The van der Waals surface area contributed by atoms with Crippen LogP contribution >= 0.6 is 0 Å². The summed E-state index contributed by atoms with van der Waals surface area (Å²) in [6.07, 6.45) is 1.24. The topological polar surface area (TPSA) is 76.1 Å². The van der Waals surface area contributed by atoms with Crippen LogP contribution in [0.3, 0.4) is 0 Å². The quantitative estimate of drug-likeness (QED) is 0.682. The Kier molecular flexibility index (Phi) is 3.43. The molecule has 6 heteroatoms. The summed E-state index contributed by atoms with van der Waals surface area (Å²) in [7, 11) is 0. The maximum Gasteiger partial charge on any atom is 0.421 e. The van der Waals surface area contributed by atoms with Gasteiger partial charge in [-0.1, -0.05) is 0 Å². The Labute approximate surface area is 87.1 Å². The fourth-order valence-electron chi connectivity index (χ4n) is 1.22. The molecular formula is C9H13NO5. The molecule has 0 fully saturated rings. The molecule has 0 radical (unpaired) electrons. The summed E-state index contributed by atoms with van der Waals surface area (Å²) in [5.41, 5.74) is 0. The van der Waals surface area contributed by atoms with Crippen LogP contribution < -0.4 is 0 Å². The van der Waals surface area contributed by atoms with Crippen LogP contribution in [0.15, 0.2) is 12.2 Å². The summed E-state index contributed by atoms with van der Waals surface area (Å²) in [6.45, 7) is 3.51. The predicted octanol–water partition coefficient (Wildman–Crippen LogP) is 0.224. The van der Waals surface area contributed by atoms with Gasteiger partial charge in [0.1, 0.15) is 0 Å². The van der Waals surface area contributed by atoms with Gasteiger partial charge in [0.25, 0.3) is 11.8 Å². The highest BCUT2D eigenvalue weighted by Crippen LogP contribution is 2.23. The minimum atomic E-state index is -2.02. The van der Waals surface area contributed by atoms with Crippen molar-refractivity contribution in [2.24, 2.45) is 0 Å². The first kappa shape index (κ1) is 11.7. The highest BCUT2D eigenvalue weighted by atomic mass is 16.7. The Morgan fingerprint density at radius 1 is 1.53 bits per heavy atom. The van der Waals surface area contributed by atoms with Crippen molar-refractivity contribution >= 4 is 12.0 Å². The summed E-state index contributed by atoms with van der Waals surface area (Å²) in [6, 6.07) is 0. The first-order valence-electron chi connectivity index (χ1n) is 4.61. The third-order valence-electron chi connectivity index (χ3n) is 1.79. The van der Waals surface area contributed by atoms with Crippen LogP contribution in [0.1, 0.15) is 13.8 Å². The molecule has 1 unspecified atom stereocenters. The number of hydrogen-bond acceptors (Lipinski definition) is 5. The molecule has 0 saturated carbocycles. The van der Waals surface area contributed by atoms with Crippen LogP contribution in [-0.2, 0) is 14.3 Å². The van der Waals surface area contributed by atoms with Gasteiger partial charge in [0.2, 0.25) is 0 Å². The molecule has 0 aromatic heterocycles. The minimum Gasteiger partial charge on any atom is -0.449 e. The highest BCUT2D eigenvalue weighted by molar-refractivity contribution is 6.01.